The predicted octanol–water partition coefficient (Wildman–Crippen LogP) is 1.86. The number of aromatic nitrogens is 1. The van der Waals surface area contributed by atoms with Crippen LogP contribution in [0, 0.1) is 6.92 Å². The summed E-state index contributed by atoms with van der Waals surface area (Å²) in [4.78, 5) is 14.5. The van der Waals surface area contributed by atoms with Gasteiger partial charge in [-0.3, -0.25) is 0 Å². The largest absolute Gasteiger partial charge is 0.494 e. The summed E-state index contributed by atoms with van der Waals surface area (Å²) in [5.74, 6) is -0.794. The standard InChI is InChI=1S/C8H8BrNO3/c1-4-3-5(9)10-6(8(11)12)7(4)13-2/h3H,1-2H3,(H,11,12). The van der Waals surface area contributed by atoms with Crippen LogP contribution < -0.4 is 4.74 Å². The van der Waals surface area contributed by atoms with Crippen LogP contribution in [0.5, 0.6) is 5.75 Å². The summed E-state index contributed by atoms with van der Waals surface area (Å²) in [5, 5.41) is 8.78. The van der Waals surface area contributed by atoms with Crippen LogP contribution in [0.15, 0.2) is 10.7 Å². The minimum absolute atomic E-state index is 0.0747. The summed E-state index contributed by atoms with van der Waals surface area (Å²) >= 11 is 3.11. The number of aryl methyl sites for hydroxylation is 1. The lowest BCUT2D eigenvalue weighted by molar-refractivity contribution is 0.0686. The number of nitrogens with zero attached hydrogens (tertiary/aromatic N) is 1. The number of rotatable bonds is 2. The highest BCUT2D eigenvalue weighted by Gasteiger charge is 2.15. The molecule has 0 bridgehead atoms. The second-order valence-electron chi connectivity index (χ2n) is 2.45. The second kappa shape index (κ2) is 3.74. The molecule has 0 unspecified atom stereocenters. The molecule has 13 heavy (non-hydrogen) atoms. The summed E-state index contributed by atoms with van der Waals surface area (Å²) in [6.45, 7) is 1.76. The zero-order chi connectivity index (χ0) is 10.0. The Hall–Kier alpha value is -1.10. The molecule has 70 valence electrons. The van der Waals surface area contributed by atoms with E-state index in [1.54, 1.807) is 13.0 Å². The van der Waals surface area contributed by atoms with E-state index in [2.05, 4.69) is 20.9 Å². The molecule has 0 spiro atoms. The lowest BCUT2D eigenvalue weighted by atomic mass is 10.2. The van der Waals surface area contributed by atoms with Crippen molar-refractivity contribution in [3.63, 3.8) is 0 Å². The van der Waals surface area contributed by atoms with Gasteiger partial charge < -0.3 is 9.84 Å². The monoisotopic (exact) mass is 245 g/mol. The smallest absolute Gasteiger partial charge is 0.358 e. The Bertz CT molecular complexity index is 351. The molecule has 5 heteroatoms. The number of halogens is 1. The van der Waals surface area contributed by atoms with Crippen molar-refractivity contribution in [2.75, 3.05) is 7.11 Å². The van der Waals surface area contributed by atoms with Crippen LogP contribution >= 0.6 is 15.9 Å². The van der Waals surface area contributed by atoms with Gasteiger partial charge >= 0.3 is 5.97 Å². The molecule has 4 nitrogen and oxygen atoms in total. The first-order valence-electron chi connectivity index (χ1n) is 3.50. The number of carbonyl (C=O) groups is 1. The van der Waals surface area contributed by atoms with E-state index in [-0.39, 0.29) is 5.69 Å². The summed E-state index contributed by atoms with van der Waals surface area (Å²) in [5.41, 5.74) is 0.663. The molecule has 0 saturated heterocycles. The molecule has 1 aromatic heterocycles. The maximum atomic E-state index is 10.7. The molecular formula is C8H8BrNO3. The number of pyridine rings is 1. The molecule has 0 saturated carbocycles. The predicted molar refractivity (Wildman–Crippen MR) is 50.2 cm³/mol. The van der Waals surface area contributed by atoms with Crippen LogP contribution in [-0.4, -0.2) is 23.2 Å². The average molecular weight is 246 g/mol. The van der Waals surface area contributed by atoms with Gasteiger partial charge in [0, 0.05) is 0 Å². The average Bonchev–Trinajstić information content (AvgIpc) is 2.02. The van der Waals surface area contributed by atoms with Crippen molar-refractivity contribution >= 4 is 21.9 Å². The number of carboxylic acids is 1. The van der Waals surface area contributed by atoms with Gasteiger partial charge in [-0.05, 0) is 34.5 Å². The van der Waals surface area contributed by atoms with E-state index in [9.17, 15) is 4.79 Å². The van der Waals surface area contributed by atoms with Crippen LogP contribution in [0.3, 0.4) is 0 Å². The fourth-order valence-electron chi connectivity index (χ4n) is 1.02. The highest BCUT2D eigenvalue weighted by Crippen LogP contribution is 2.24. The molecule has 0 atom stereocenters. The van der Waals surface area contributed by atoms with Crippen molar-refractivity contribution in [2.45, 2.75) is 6.92 Å². The first-order valence-corrected chi connectivity index (χ1v) is 4.30. The van der Waals surface area contributed by atoms with E-state index in [0.29, 0.717) is 10.4 Å². The van der Waals surface area contributed by atoms with Crippen molar-refractivity contribution in [3.8, 4) is 5.75 Å². The third-order valence-electron chi connectivity index (χ3n) is 1.53. The van der Waals surface area contributed by atoms with E-state index in [1.807, 2.05) is 0 Å². The van der Waals surface area contributed by atoms with Crippen LogP contribution in [-0.2, 0) is 0 Å². The zero-order valence-corrected chi connectivity index (χ0v) is 8.75. The second-order valence-corrected chi connectivity index (χ2v) is 3.26. The summed E-state index contributed by atoms with van der Waals surface area (Å²) in [6.07, 6.45) is 0. The maximum Gasteiger partial charge on any atom is 0.358 e. The van der Waals surface area contributed by atoms with E-state index in [4.69, 9.17) is 9.84 Å². The van der Waals surface area contributed by atoms with Crippen molar-refractivity contribution in [3.05, 3.63) is 21.9 Å². The number of methoxy groups -OCH3 is 1. The topological polar surface area (TPSA) is 59.4 Å². The van der Waals surface area contributed by atoms with Gasteiger partial charge in [0.05, 0.1) is 7.11 Å². The molecule has 1 aromatic rings. The molecule has 0 fully saturated rings. The van der Waals surface area contributed by atoms with E-state index < -0.39 is 5.97 Å². The number of ether oxygens (including phenoxy) is 1. The Balaban J connectivity index is 3.38. The van der Waals surface area contributed by atoms with Gasteiger partial charge in [-0.2, -0.15) is 0 Å². The Morgan fingerprint density at radius 1 is 1.69 bits per heavy atom. The van der Waals surface area contributed by atoms with Gasteiger partial charge in [-0.1, -0.05) is 0 Å². The first kappa shape index (κ1) is 9.98. The molecule has 0 amide bonds. The van der Waals surface area contributed by atoms with Crippen molar-refractivity contribution in [1.82, 2.24) is 4.98 Å². The first-order chi connectivity index (χ1) is 6.06. The third-order valence-corrected chi connectivity index (χ3v) is 1.94. The summed E-state index contributed by atoms with van der Waals surface area (Å²) in [7, 11) is 1.42. The lowest BCUT2D eigenvalue weighted by Crippen LogP contribution is -2.05. The molecule has 0 aliphatic rings. The van der Waals surface area contributed by atoms with E-state index >= 15 is 0 Å². The van der Waals surface area contributed by atoms with Crippen LogP contribution in [0.4, 0.5) is 0 Å². The van der Waals surface area contributed by atoms with E-state index in [0.717, 1.165) is 5.56 Å². The Morgan fingerprint density at radius 2 is 2.31 bits per heavy atom. The maximum absolute atomic E-state index is 10.7. The van der Waals surface area contributed by atoms with Gasteiger partial charge in [0.15, 0.2) is 11.4 Å². The number of hydrogen-bond donors (Lipinski definition) is 1. The van der Waals surface area contributed by atoms with Gasteiger partial charge in [0.1, 0.15) is 4.60 Å². The molecule has 0 aliphatic carbocycles. The van der Waals surface area contributed by atoms with Gasteiger partial charge in [0.25, 0.3) is 0 Å². The minimum Gasteiger partial charge on any atom is -0.494 e. The molecular weight excluding hydrogens is 238 g/mol. The summed E-state index contributed by atoms with van der Waals surface area (Å²) < 4.78 is 5.42. The van der Waals surface area contributed by atoms with Crippen LogP contribution in [0.25, 0.3) is 0 Å². The number of carboxylic acid groups (broad SMARTS) is 1. The lowest BCUT2D eigenvalue weighted by Gasteiger charge is -2.07. The molecule has 1 N–H and O–H groups in total. The van der Waals surface area contributed by atoms with Crippen LogP contribution in [0.1, 0.15) is 16.1 Å². The van der Waals surface area contributed by atoms with E-state index in [1.165, 1.54) is 7.11 Å². The SMILES string of the molecule is COc1c(C)cc(Br)nc1C(=O)O. The van der Waals surface area contributed by atoms with Crippen molar-refractivity contribution < 1.29 is 14.6 Å². The Morgan fingerprint density at radius 3 is 2.77 bits per heavy atom. The fourth-order valence-corrected chi connectivity index (χ4v) is 1.54. The van der Waals surface area contributed by atoms with Gasteiger partial charge in [-0.25, -0.2) is 9.78 Å². The Labute approximate surface area is 83.7 Å². The van der Waals surface area contributed by atoms with Crippen molar-refractivity contribution in [1.29, 1.82) is 0 Å². The van der Waals surface area contributed by atoms with Crippen LogP contribution in [0.2, 0.25) is 0 Å². The highest BCUT2D eigenvalue weighted by molar-refractivity contribution is 9.10. The molecule has 0 radical (unpaired) electrons. The number of hydrogen-bond acceptors (Lipinski definition) is 3. The normalized spacial score (nSPS) is 9.77. The fraction of sp³-hybridized carbons (Fsp3) is 0.250. The molecule has 0 aliphatic heterocycles. The molecule has 0 aromatic carbocycles. The molecule has 1 heterocycles. The third kappa shape index (κ3) is 1.98. The van der Waals surface area contributed by atoms with Gasteiger partial charge in [0.2, 0.25) is 0 Å². The van der Waals surface area contributed by atoms with Gasteiger partial charge in [-0.15, -0.1) is 0 Å². The summed E-state index contributed by atoms with van der Waals surface area (Å²) in [6, 6.07) is 1.70. The van der Waals surface area contributed by atoms with Crippen molar-refractivity contribution in [2.24, 2.45) is 0 Å². The number of aromatic carboxylic acids is 1. The quantitative estimate of drug-likeness (QED) is 0.809. The highest BCUT2D eigenvalue weighted by atomic mass is 79.9. The zero-order valence-electron chi connectivity index (χ0n) is 7.17. The Kier molecular flexibility index (Phi) is 2.87. The minimum atomic E-state index is -1.10. The molecule has 1 rings (SSSR count).